The van der Waals surface area contributed by atoms with Crippen LogP contribution in [0.25, 0.3) is 93.5 Å². The van der Waals surface area contributed by atoms with Crippen LogP contribution in [-0.4, -0.2) is 4.57 Å². The van der Waals surface area contributed by atoms with Gasteiger partial charge in [-0.05, 0) is 110 Å². The van der Waals surface area contributed by atoms with E-state index < -0.39 is 0 Å². The Hall–Kier alpha value is -8.46. The maximum absolute atomic E-state index is 2.50. The van der Waals surface area contributed by atoms with Gasteiger partial charge in [-0.15, -0.1) is 0 Å². The molecule has 2 heteroatoms. The van der Waals surface area contributed by atoms with Crippen LogP contribution in [0.5, 0.6) is 0 Å². The van der Waals surface area contributed by atoms with Crippen molar-refractivity contribution in [3.8, 4) is 50.2 Å². The number of nitrogens with zero attached hydrogens (tertiary/aromatic N) is 2. The zero-order valence-corrected chi connectivity index (χ0v) is 35.1. The Morgan fingerprint density at radius 2 is 0.719 bits per heavy atom. The molecule has 0 fully saturated rings. The molecule has 0 saturated heterocycles. The van der Waals surface area contributed by atoms with Crippen molar-refractivity contribution in [1.29, 1.82) is 0 Å². The summed E-state index contributed by atoms with van der Waals surface area (Å²) in [5.41, 5.74) is 16.4. The molecule has 0 aliphatic carbocycles. The number of benzene rings is 11. The van der Waals surface area contributed by atoms with Gasteiger partial charge in [0.15, 0.2) is 0 Å². The molecule has 11 aromatic carbocycles. The first-order valence-electron chi connectivity index (χ1n) is 22.0. The predicted molar refractivity (Wildman–Crippen MR) is 272 cm³/mol. The summed E-state index contributed by atoms with van der Waals surface area (Å²) in [6.07, 6.45) is 0. The quantitative estimate of drug-likeness (QED) is 0.139. The molecule has 0 atom stereocenters. The second-order valence-corrected chi connectivity index (χ2v) is 16.5. The molecule has 0 bridgehead atoms. The molecule has 2 nitrogen and oxygen atoms in total. The van der Waals surface area contributed by atoms with E-state index in [-0.39, 0.29) is 0 Å². The number of anilines is 3. The molecular weight excluding hydrogens is 773 g/mol. The van der Waals surface area contributed by atoms with Crippen LogP contribution in [-0.2, 0) is 0 Å². The Kier molecular flexibility index (Phi) is 9.20. The van der Waals surface area contributed by atoms with Gasteiger partial charge in [0.2, 0.25) is 0 Å². The molecular formula is C62H42N2. The summed E-state index contributed by atoms with van der Waals surface area (Å²) in [4.78, 5) is 2.35. The largest absolute Gasteiger partial charge is 0.311 e. The molecule has 64 heavy (non-hydrogen) atoms. The lowest BCUT2D eigenvalue weighted by Crippen LogP contribution is -2.09. The maximum atomic E-state index is 2.50. The fourth-order valence-corrected chi connectivity index (χ4v) is 9.78. The zero-order valence-electron chi connectivity index (χ0n) is 35.1. The summed E-state index contributed by atoms with van der Waals surface area (Å²) in [7, 11) is 0. The lowest BCUT2D eigenvalue weighted by Gasteiger charge is -2.26. The van der Waals surface area contributed by atoms with Crippen LogP contribution in [0.1, 0.15) is 0 Å². The average Bonchev–Trinajstić information content (AvgIpc) is 3.72. The standard InChI is InChI=1S/C62H42N2/c1-3-16-43(17-4-1)45-30-36-49(37-31-45)63(50-38-32-46(33-39-50)44-18-5-2-6-19-44)51-40-34-47(35-41-51)53-22-11-13-28-60(53)64-61-29-14-12-25-56(61)57-26-15-27-58(62(57)64)59-42-48-20-7-8-21-52(48)54-23-9-10-24-55(54)59/h1-42H. The van der Waals surface area contributed by atoms with E-state index in [4.69, 9.17) is 0 Å². The Labute approximate surface area is 373 Å². The molecule has 0 amide bonds. The first-order chi connectivity index (χ1) is 31.8. The van der Waals surface area contributed by atoms with Gasteiger partial charge < -0.3 is 9.47 Å². The first-order valence-corrected chi connectivity index (χ1v) is 22.0. The van der Waals surface area contributed by atoms with Crippen molar-refractivity contribution in [2.24, 2.45) is 0 Å². The molecule has 0 spiro atoms. The van der Waals surface area contributed by atoms with E-state index in [2.05, 4.69) is 264 Å². The molecule has 0 saturated carbocycles. The number of fused-ring (bicyclic) bond motifs is 6. The van der Waals surface area contributed by atoms with Crippen molar-refractivity contribution in [3.63, 3.8) is 0 Å². The van der Waals surface area contributed by atoms with Crippen LogP contribution >= 0.6 is 0 Å². The van der Waals surface area contributed by atoms with Crippen molar-refractivity contribution < 1.29 is 0 Å². The van der Waals surface area contributed by atoms with Crippen molar-refractivity contribution in [2.75, 3.05) is 4.90 Å². The molecule has 0 N–H and O–H groups in total. The van der Waals surface area contributed by atoms with Crippen molar-refractivity contribution in [2.45, 2.75) is 0 Å². The average molecular weight is 815 g/mol. The highest BCUT2D eigenvalue weighted by Crippen LogP contribution is 2.44. The lowest BCUT2D eigenvalue weighted by molar-refractivity contribution is 1.18. The zero-order chi connectivity index (χ0) is 42.4. The molecule has 12 rings (SSSR count). The SMILES string of the molecule is c1ccc(-c2ccc(N(c3ccc(-c4ccccc4)cc3)c3ccc(-c4ccccc4-n4c5ccccc5c5cccc(-c6cc7ccccc7c7ccccc67)c54)cc3)cc2)cc1. The third-order valence-corrected chi connectivity index (χ3v) is 12.8. The Bertz CT molecular complexity index is 3540. The lowest BCUT2D eigenvalue weighted by atomic mass is 9.92. The summed E-state index contributed by atoms with van der Waals surface area (Å²) in [6, 6.07) is 92.6. The minimum Gasteiger partial charge on any atom is -0.311 e. The molecule has 1 aromatic heterocycles. The number of para-hydroxylation sites is 3. The second-order valence-electron chi connectivity index (χ2n) is 16.5. The van der Waals surface area contributed by atoms with Gasteiger partial charge in [0.1, 0.15) is 0 Å². The Balaban J connectivity index is 0.999. The molecule has 0 radical (unpaired) electrons. The predicted octanol–water partition coefficient (Wildman–Crippen LogP) is 17.2. The first kappa shape index (κ1) is 37.3. The molecule has 300 valence electrons. The van der Waals surface area contributed by atoms with E-state index >= 15 is 0 Å². The maximum Gasteiger partial charge on any atom is 0.0619 e. The highest BCUT2D eigenvalue weighted by atomic mass is 15.1. The summed E-state index contributed by atoms with van der Waals surface area (Å²) in [5, 5.41) is 7.51. The van der Waals surface area contributed by atoms with E-state index in [9.17, 15) is 0 Å². The summed E-state index contributed by atoms with van der Waals surface area (Å²) in [5.74, 6) is 0. The van der Waals surface area contributed by atoms with Crippen molar-refractivity contribution in [1.82, 2.24) is 4.57 Å². The van der Waals surface area contributed by atoms with Crippen LogP contribution in [0.15, 0.2) is 255 Å². The van der Waals surface area contributed by atoms with Crippen LogP contribution < -0.4 is 4.90 Å². The number of hydrogen-bond acceptors (Lipinski definition) is 1. The van der Waals surface area contributed by atoms with Crippen LogP contribution in [0.2, 0.25) is 0 Å². The van der Waals surface area contributed by atoms with E-state index in [1.165, 1.54) is 82.3 Å². The van der Waals surface area contributed by atoms with Crippen LogP contribution in [0.4, 0.5) is 17.1 Å². The van der Waals surface area contributed by atoms with E-state index in [0.29, 0.717) is 0 Å². The van der Waals surface area contributed by atoms with Crippen LogP contribution in [0, 0.1) is 0 Å². The van der Waals surface area contributed by atoms with Gasteiger partial charge in [-0.3, -0.25) is 0 Å². The van der Waals surface area contributed by atoms with Gasteiger partial charge in [-0.2, -0.15) is 0 Å². The fourth-order valence-electron chi connectivity index (χ4n) is 9.78. The van der Waals surface area contributed by atoms with Gasteiger partial charge in [0.05, 0.1) is 16.7 Å². The molecule has 12 aromatic rings. The monoisotopic (exact) mass is 814 g/mol. The van der Waals surface area contributed by atoms with Crippen LogP contribution in [0.3, 0.4) is 0 Å². The Morgan fingerprint density at radius 3 is 1.36 bits per heavy atom. The second kappa shape index (κ2) is 15.8. The van der Waals surface area contributed by atoms with E-state index in [0.717, 1.165) is 28.3 Å². The minimum absolute atomic E-state index is 1.09. The third kappa shape index (κ3) is 6.44. The van der Waals surface area contributed by atoms with Gasteiger partial charge in [-0.25, -0.2) is 0 Å². The summed E-state index contributed by atoms with van der Waals surface area (Å²) >= 11 is 0. The number of aromatic nitrogens is 1. The molecule has 1 heterocycles. The minimum atomic E-state index is 1.09. The van der Waals surface area contributed by atoms with Gasteiger partial charge in [-0.1, -0.05) is 200 Å². The molecule has 0 aliphatic heterocycles. The summed E-state index contributed by atoms with van der Waals surface area (Å²) in [6.45, 7) is 0. The number of rotatable bonds is 8. The normalized spacial score (nSPS) is 11.4. The van der Waals surface area contributed by atoms with Gasteiger partial charge in [0.25, 0.3) is 0 Å². The van der Waals surface area contributed by atoms with E-state index in [1.54, 1.807) is 0 Å². The van der Waals surface area contributed by atoms with Crippen molar-refractivity contribution >= 4 is 60.4 Å². The fraction of sp³-hybridized carbons (Fsp3) is 0. The highest BCUT2D eigenvalue weighted by Gasteiger charge is 2.21. The molecule has 0 unspecified atom stereocenters. The highest BCUT2D eigenvalue weighted by molar-refractivity contribution is 6.19. The van der Waals surface area contributed by atoms with Gasteiger partial charge in [0, 0.05) is 39.0 Å². The van der Waals surface area contributed by atoms with Crippen molar-refractivity contribution in [3.05, 3.63) is 255 Å². The Morgan fingerprint density at radius 1 is 0.266 bits per heavy atom. The molecule has 0 aliphatic rings. The third-order valence-electron chi connectivity index (χ3n) is 12.8. The smallest absolute Gasteiger partial charge is 0.0619 e. The number of hydrogen-bond donors (Lipinski definition) is 0. The topological polar surface area (TPSA) is 8.17 Å². The van der Waals surface area contributed by atoms with E-state index in [1.807, 2.05) is 0 Å². The summed E-state index contributed by atoms with van der Waals surface area (Å²) < 4.78 is 2.50. The van der Waals surface area contributed by atoms with Gasteiger partial charge >= 0.3 is 0 Å².